The van der Waals surface area contributed by atoms with Crippen LogP contribution >= 0.6 is 0 Å². The summed E-state index contributed by atoms with van der Waals surface area (Å²) in [5.41, 5.74) is 3.94. The van der Waals surface area contributed by atoms with Crippen molar-refractivity contribution in [2.24, 2.45) is 4.99 Å². The van der Waals surface area contributed by atoms with Crippen molar-refractivity contribution in [3.05, 3.63) is 40.8 Å². The van der Waals surface area contributed by atoms with Gasteiger partial charge in [0.2, 0.25) is 0 Å². The summed E-state index contributed by atoms with van der Waals surface area (Å²) in [6.45, 7) is 6.18. The van der Waals surface area contributed by atoms with Gasteiger partial charge in [0.25, 0.3) is 0 Å². The first-order chi connectivity index (χ1) is 9.06. The maximum absolute atomic E-state index is 13.9. The Kier molecular flexibility index (Phi) is 4.03. The molecule has 2 nitrogen and oxygen atoms in total. The highest BCUT2D eigenvalue weighted by Crippen LogP contribution is 2.32. The average molecular weight is 261 g/mol. The number of hydrogen-bond donors (Lipinski definition) is 0. The Morgan fingerprint density at radius 1 is 1.42 bits per heavy atom. The second-order valence-electron chi connectivity index (χ2n) is 4.96. The Bertz CT molecular complexity index is 546. The standard InChI is InChI=1S/C16H20FNO/c1-5-12-7-6-10(2)13-9-16(19-4)15(17)8-14(13)11(3)18-12/h7-10H,5-6H2,1-4H3/b12-7+,18-11?. The molecule has 0 aromatic heterocycles. The van der Waals surface area contributed by atoms with Gasteiger partial charge in [0.05, 0.1) is 7.11 Å². The fraction of sp³-hybridized carbons (Fsp3) is 0.438. The molecule has 1 heterocycles. The highest BCUT2D eigenvalue weighted by molar-refractivity contribution is 6.01. The Morgan fingerprint density at radius 3 is 2.79 bits per heavy atom. The molecule has 1 atom stereocenters. The Labute approximate surface area is 114 Å². The fourth-order valence-corrected chi connectivity index (χ4v) is 2.43. The molecule has 0 N–H and O–H groups in total. The van der Waals surface area contributed by atoms with Crippen LogP contribution in [0.3, 0.4) is 0 Å². The van der Waals surface area contributed by atoms with Crippen molar-refractivity contribution in [2.75, 3.05) is 7.11 Å². The topological polar surface area (TPSA) is 21.6 Å². The number of allylic oxidation sites excluding steroid dienone is 2. The molecule has 0 fully saturated rings. The summed E-state index contributed by atoms with van der Waals surface area (Å²) in [6, 6.07) is 3.35. The lowest BCUT2D eigenvalue weighted by molar-refractivity contribution is 0.385. The number of hydrogen-bond acceptors (Lipinski definition) is 2. The van der Waals surface area contributed by atoms with Crippen molar-refractivity contribution in [3.63, 3.8) is 0 Å². The first-order valence-electron chi connectivity index (χ1n) is 6.69. The third kappa shape index (κ3) is 2.70. The quantitative estimate of drug-likeness (QED) is 0.771. The van der Waals surface area contributed by atoms with Gasteiger partial charge in [-0.05, 0) is 43.4 Å². The van der Waals surface area contributed by atoms with Crippen LogP contribution in [0.1, 0.15) is 50.7 Å². The predicted octanol–water partition coefficient (Wildman–Crippen LogP) is 4.44. The second-order valence-corrected chi connectivity index (χ2v) is 4.96. The van der Waals surface area contributed by atoms with E-state index in [-0.39, 0.29) is 5.82 Å². The van der Waals surface area contributed by atoms with Gasteiger partial charge in [-0.15, -0.1) is 0 Å². The van der Waals surface area contributed by atoms with Gasteiger partial charge in [0, 0.05) is 17.0 Å². The number of halogens is 1. The minimum atomic E-state index is -0.328. The molecule has 102 valence electrons. The van der Waals surface area contributed by atoms with Gasteiger partial charge in [-0.2, -0.15) is 0 Å². The number of ether oxygens (including phenoxy) is 1. The first-order valence-corrected chi connectivity index (χ1v) is 6.69. The molecular formula is C16H20FNO. The Balaban J connectivity index is 2.60. The zero-order valence-electron chi connectivity index (χ0n) is 12.0. The zero-order valence-corrected chi connectivity index (χ0v) is 12.0. The van der Waals surface area contributed by atoms with Crippen molar-refractivity contribution in [1.82, 2.24) is 0 Å². The van der Waals surface area contributed by atoms with E-state index >= 15 is 0 Å². The van der Waals surface area contributed by atoms with E-state index in [9.17, 15) is 4.39 Å². The summed E-state index contributed by atoms with van der Waals surface area (Å²) in [4.78, 5) is 4.60. The molecule has 1 aliphatic rings. The molecule has 0 radical (unpaired) electrons. The van der Waals surface area contributed by atoms with E-state index in [0.29, 0.717) is 11.7 Å². The molecule has 2 rings (SSSR count). The van der Waals surface area contributed by atoms with Crippen molar-refractivity contribution < 1.29 is 9.13 Å². The summed E-state index contributed by atoms with van der Waals surface area (Å²) in [6.07, 6.45) is 3.99. The highest BCUT2D eigenvalue weighted by Gasteiger charge is 2.18. The largest absolute Gasteiger partial charge is 0.494 e. The molecule has 1 aromatic rings. The third-order valence-electron chi connectivity index (χ3n) is 3.63. The van der Waals surface area contributed by atoms with Gasteiger partial charge in [0.15, 0.2) is 11.6 Å². The van der Waals surface area contributed by atoms with Crippen LogP contribution in [0, 0.1) is 5.82 Å². The molecule has 19 heavy (non-hydrogen) atoms. The van der Waals surface area contributed by atoms with E-state index in [0.717, 1.165) is 35.4 Å². The van der Waals surface area contributed by atoms with Crippen LogP contribution in [0.4, 0.5) is 4.39 Å². The molecule has 0 spiro atoms. The van der Waals surface area contributed by atoms with E-state index in [4.69, 9.17) is 4.74 Å². The van der Waals surface area contributed by atoms with E-state index < -0.39 is 0 Å². The minimum absolute atomic E-state index is 0.304. The molecule has 0 saturated carbocycles. The molecule has 1 aromatic carbocycles. The summed E-state index contributed by atoms with van der Waals surface area (Å²) in [5.74, 6) is 0.306. The lowest BCUT2D eigenvalue weighted by atomic mass is 9.89. The average Bonchev–Trinajstić information content (AvgIpc) is 2.41. The van der Waals surface area contributed by atoms with E-state index in [1.165, 1.54) is 7.11 Å². The van der Waals surface area contributed by atoms with Crippen LogP contribution in [0.25, 0.3) is 0 Å². The fourth-order valence-electron chi connectivity index (χ4n) is 2.43. The molecule has 0 amide bonds. The predicted molar refractivity (Wildman–Crippen MR) is 76.6 cm³/mol. The van der Waals surface area contributed by atoms with Crippen LogP contribution in [0.5, 0.6) is 5.75 Å². The minimum Gasteiger partial charge on any atom is -0.494 e. The number of rotatable bonds is 2. The van der Waals surface area contributed by atoms with Gasteiger partial charge in [-0.1, -0.05) is 19.9 Å². The maximum atomic E-state index is 13.9. The number of benzene rings is 1. The zero-order chi connectivity index (χ0) is 14.0. The molecule has 0 aliphatic carbocycles. The summed E-state index contributed by atoms with van der Waals surface area (Å²) < 4.78 is 19.0. The number of methoxy groups -OCH3 is 1. The number of aliphatic imine (C=N–C) groups is 1. The number of nitrogens with zero attached hydrogens (tertiary/aromatic N) is 1. The highest BCUT2D eigenvalue weighted by atomic mass is 19.1. The van der Waals surface area contributed by atoms with E-state index in [1.54, 1.807) is 12.1 Å². The molecule has 1 aliphatic heterocycles. The van der Waals surface area contributed by atoms with Crippen molar-refractivity contribution in [2.45, 2.75) is 39.5 Å². The Hall–Kier alpha value is -1.64. The van der Waals surface area contributed by atoms with Crippen LogP contribution in [-0.2, 0) is 0 Å². The monoisotopic (exact) mass is 261 g/mol. The van der Waals surface area contributed by atoms with Gasteiger partial charge in [-0.25, -0.2) is 4.39 Å². The molecule has 3 heteroatoms. The van der Waals surface area contributed by atoms with Crippen LogP contribution in [0.15, 0.2) is 28.9 Å². The van der Waals surface area contributed by atoms with Crippen LogP contribution in [0.2, 0.25) is 0 Å². The lowest BCUT2D eigenvalue weighted by Crippen LogP contribution is -2.08. The van der Waals surface area contributed by atoms with Gasteiger partial charge in [0.1, 0.15) is 0 Å². The lowest BCUT2D eigenvalue weighted by Gasteiger charge is -2.20. The smallest absolute Gasteiger partial charge is 0.165 e. The van der Waals surface area contributed by atoms with Crippen molar-refractivity contribution in [3.8, 4) is 5.75 Å². The normalized spacial score (nSPS) is 21.6. The van der Waals surface area contributed by atoms with Gasteiger partial charge >= 0.3 is 0 Å². The molecule has 0 bridgehead atoms. The van der Waals surface area contributed by atoms with Gasteiger partial charge in [-0.3, -0.25) is 4.99 Å². The van der Waals surface area contributed by atoms with Crippen LogP contribution < -0.4 is 4.74 Å². The van der Waals surface area contributed by atoms with E-state index in [1.807, 2.05) is 6.92 Å². The Morgan fingerprint density at radius 2 is 2.16 bits per heavy atom. The first kappa shape index (κ1) is 13.8. The molecule has 1 unspecified atom stereocenters. The summed E-state index contributed by atoms with van der Waals surface area (Å²) >= 11 is 0. The summed E-state index contributed by atoms with van der Waals surface area (Å²) in [5, 5.41) is 0. The molecule has 0 saturated heterocycles. The third-order valence-corrected chi connectivity index (χ3v) is 3.63. The summed E-state index contributed by atoms with van der Waals surface area (Å²) in [7, 11) is 1.49. The second kappa shape index (κ2) is 5.55. The van der Waals surface area contributed by atoms with Crippen molar-refractivity contribution >= 4 is 5.71 Å². The van der Waals surface area contributed by atoms with E-state index in [2.05, 4.69) is 24.9 Å². The SMILES string of the molecule is CC/C1=C\CC(C)c2cc(OC)c(F)cc2C(C)=N1. The van der Waals surface area contributed by atoms with Crippen molar-refractivity contribution in [1.29, 1.82) is 0 Å². The molecular weight excluding hydrogens is 241 g/mol. The van der Waals surface area contributed by atoms with Crippen LogP contribution in [-0.4, -0.2) is 12.8 Å². The van der Waals surface area contributed by atoms with Gasteiger partial charge < -0.3 is 4.74 Å². The maximum Gasteiger partial charge on any atom is 0.165 e. The number of fused-ring (bicyclic) bond motifs is 1.